The lowest BCUT2D eigenvalue weighted by Gasteiger charge is -2.40. The number of benzene rings is 1. The molecule has 3 amide bonds. The number of allylic oxidation sites excluding steroid dienone is 3. The molecule has 258 valence electrons. The van der Waals surface area contributed by atoms with Gasteiger partial charge in [0.25, 0.3) is 0 Å². The van der Waals surface area contributed by atoms with E-state index in [1.165, 1.54) is 44.9 Å². The number of epoxide rings is 1. The average Bonchev–Trinajstić information content (AvgIpc) is 3.66. The van der Waals surface area contributed by atoms with Crippen LogP contribution in [-0.2, 0) is 39.8 Å². The van der Waals surface area contributed by atoms with Gasteiger partial charge in [0.15, 0.2) is 5.72 Å². The summed E-state index contributed by atoms with van der Waals surface area (Å²) in [5, 5.41) is 14.2. The number of halogens is 1. The predicted octanol–water partition coefficient (Wildman–Crippen LogP) is 3.29. The first kappa shape index (κ1) is 36.2. The van der Waals surface area contributed by atoms with Gasteiger partial charge in [0.2, 0.25) is 11.8 Å². The van der Waals surface area contributed by atoms with Crippen LogP contribution in [0.3, 0.4) is 0 Å². The maximum atomic E-state index is 13.9. The molecule has 2 fully saturated rings. The number of nitrogens with zero attached hydrogens (tertiary/aromatic N) is 2. The van der Waals surface area contributed by atoms with E-state index in [0.29, 0.717) is 17.9 Å². The highest BCUT2D eigenvalue weighted by atomic mass is 35.5. The van der Waals surface area contributed by atoms with Crippen molar-refractivity contribution in [2.75, 3.05) is 33.2 Å². The van der Waals surface area contributed by atoms with Gasteiger partial charge in [0.1, 0.15) is 40.7 Å². The fourth-order valence-corrected chi connectivity index (χ4v) is 6.23. The third-order valence-electron chi connectivity index (χ3n) is 9.17. The minimum atomic E-state index is -1.79. The SMILES string of the molecule is COc1cc2cc(c1Cl)N(C)C(=O)C[C@H](OC(=O)[C@@H](C)N(C)C(C)=O)[C@]1(C)O[C@H]1C[C@@H]1C[C@@](O)(NC(=O)O1)[C@H](OC)/C=C/C=C(\C)C2. The molecule has 2 saturated heterocycles. The van der Waals surface area contributed by atoms with E-state index < -0.39 is 59.8 Å². The second-order valence-corrected chi connectivity index (χ2v) is 12.9. The van der Waals surface area contributed by atoms with Crippen LogP contribution >= 0.6 is 11.6 Å². The molecule has 1 aromatic rings. The number of aliphatic hydroxyl groups is 1. The quantitative estimate of drug-likeness (QED) is 0.350. The lowest BCUT2D eigenvalue weighted by molar-refractivity contribution is -0.161. The van der Waals surface area contributed by atoms with Crippen molar-refractivity contribution in [3.8, 4) is 5.75 Å². The van der Waals surface area contributed by atoms with Gasteiger partial charge in [-0.15, -0.1) is 0 Å². The van der Waals surface area contributed by atoms with Crippen molar-refractivity contribution in [1.82, 2.24) is 10.2 Å². The Hall–Kier alpha value is -3.65. The maximum absolute atomic E-state index is 13.9. The van der Waals surface area contributed by atoms with Crippen molar-refractivity contribution in [2.24, 2.45) is 0 Å². The monoisotopic (exact) mass is 677 g/mol. The van der Waals surface area contributed by atoms with E-state index in [-0.39, 0.29) is 30.2 Å². The first-order valence-corrected chi connectivity index (χ1v) is 15.7. The topological polar surface area (TPSA) is 156 Å². The molecule has 3 aliphatic rings. The molecule has 2 N–H and O–H groups in total. The van der Waals surface area contributed by atoms with Crippen LogP contribution in [0.5, 0.6) is 5.75 Å². The molecule has 4 rings (SSSR count). The number of nitrogens with one attached hydrogen (secondary N) is 1. The van der Waals surface area contributed by atoms with E-state index in [4.69, 9.17) is 35.3 Å². The number of esters is 1. The summed E-state index contributed by atoms with van der Waals surface area (Å²) in [5.74, 6) is -1.11. The number of fused-ring (bicyclic) bond motifs is 5. The Bertz CT molecular complexity index is 1470. The number of amides is 3. The largest absolute Gasteiger partial charge is 0.495 e. The lowest BCUT2D eigenvalue weighted by atomic mass is 9.90. The summed E-state index contributed by atoms with van der Waals surface area (Å²) in [6.45, 7) is 6.48. The maximum Gasteiger partial charge on any atom is 0.409 e. The number of rotatable bonds is 5. The van der Waals surface area contributed by atoms with Gasteiger partial charge in [0, 0.05) is 41.0 Å². The van der Waals surface area contributed by atoms with Gasteiger partial charge in [-0.25, -0.2) is 9.59 Å². The first-order valence-electron chi connectivity index (χ1n) is 15.4. The van der Waals surface area contributed by atoms with Gasteiger partial charge < -0.3 is 38.6 Å². The number of likely N-dealkylation sites (N-methyl/N-ethyl adjacent to an activating group) is 1. The van der Waals surface area contributed by atoms with E-state index in [2.05, 4.69) is 5.32 Å². The molecular weight excluding hydrogens is 634 g/mol. The highest BCUT2D eigenvalue weighted by Crippen LogP contribution is 2.47. The van der Waals surface area contributed by atoms with E-state index in [1.807, 2.05) is 13.0 Å². The van der Waals surface area contributed by atoms with Crippen LogP contribution in [0.2, 0.25) is 5.02 Å². The van der Waals surface area contributed by atoms with Gasteiger partial charge in [-0.05, 0) is 44.9 Å². The molecule has 47 heavy (non-hydrogen) atoms. The van der Waals surface area contributed by atoms with Crippen LogP contribution < -0.4 is 15.0 Å². The number of methoxy groups -OCH3 is 2. The van der Waals surface area contributed by atoms with Crippen molar-refractivity contribution in [3.63, 3.8) is 0 Å². The second kappa shape index (κ2) is 14.2. The van der Waals surface area contributed by atoms with Crippen molar-refractivity contribution in [2.45, 2.75) is 95.2 Å². The highest BCUT2D eigenvalue weighted by molar-refractivity contribution is 6.35. The van der Waals surface area contributed by atoms with Gasteiger partial charge >= 0.3 is 12.1 Å². The van der Waals surface area contributed by atoms with Crippen molar-refractivity contribution < 1.29 is 48.0 Å². The molecule has 4 bridgehead atoms. The summed E-state index contributed by atoms with van der Waals surface area (Å²) in [4.78, 5) is 54.3. The van der Waals surface area contributed by atoms with Crippen molar-refractivity contribution in [1.29, 1.82) is 0 Å². The second-order valence-electron chi connectivity index (χ2n) is 12.6. The molecule has 14 heteroatoms. The molecule has 0 spiro atoms. The lowest BCUT2D eigenvalue weighted by Crippen LogP contribution is -2.62. The Morgan fingerprint density at radius 1 is 1.26 bits per heavy atom. The smallest absolute Gasteiger partial charge is 0.409 e. The van der Waals surface area contributed by atoms with Crippen molar-refractivity contribution >= 4 is 41.2 Å². The van der Waals surface area contributed by atoms with Crippen LogP contribution in [0.25, 0.3) is 0 Å². The molecule has 0 aromatic heterocycles. The Kier molecular flexibility index (Phi) is 11.0. The summed E-state index contributed by atoms with van der Waals surface area (Å²) in [6.07, 6.45) is 1.26. The molecule has 1 aromatic carbocycles. The zero-order chi connectivity index (χ0) is 34.8. The van der Waals surface area contributed by atoms with E-state index in [0.717, 1.165) is 11.1 Å². The van der Waals surface area contributed by atoms with Crippen LogP contribution in [0, 0.1) is 0 Å². The molecule has 7 atom stereocenters. The summed E-state index contributed by atoms with van der Waals surface area (Å²) < 4.78 is 28.6. The molecule has 0 aliphatic carbocycles. The Labute approximate surface area is 279 Å². The zero-order valence-corrected chi connectivity index (χ0v) is 28.8. The number of alkyl carbamates (subject to hydrolysis) is 1. The minimum Gasteiger partial charge on any atom is -0.495 e. The normalized spacial score (nSPS) is 32.0. The molecule has 0 radical (unpaired) electrons. The molecule has 13 nitrogen and oxygen atoms in total. The summed E-state index contributed by atoms with van der Waals surface area (Å²) in [7, 11) is 5.96. The number of anilines is 1. The van der Waals surface area contributed by atoms with Crippen LogP contribution in [0.1, 0.15) is 52.5 Å². The Morgan fingerprint density at radius 3 is 2.60 bits per heavy atom. The fourth-order valence-electron chi connectivity index (χ4n) is 5.92. The van der Waals surface area contributed by atoms with Crippen molar-refractivity contribution in [3.05, 3.63) is 46.5 Å². The number of ether oxygens (including phenoxy) is 5. The Balaban J connectivity index is 1.76. The summed E-state index contributed by atoms with van der Waals surface area (Å²) in [6, 6.07) is 2.63. The van der Waals surface area contributed by atoms with E-state index in [1.54, 1.807) is 38.3 Å². The molecule has 3 aliphatic heterocycles. The summed E-state index contributed by atoms with van der Waals surface area (Å²) >= 11 is 6.69. The third kappa shape index (κ3) is 7.91. The highest BCUT2D eigenvalue weighted by Gasteiger charge is 2.61. The van der Waals surface area contributed by atoms with Gasteiger partial charge in [-0.3, -0.25) is 14.9 Å². The van der Waals surface area contributed by atoms with E-state index in [9.17, 15) is 24.3 Å². The number of hydrogen-bond donors (Lipinski definition) is 2. The minimum absolute atomic E-state index is 0.0308. The molecule has 3 heterocycles. The average molecular weight is 678 g/mol. The van der Waals surface area contributed by atoms with Crippen LogP contribution in [0.15, 0.2) is 35.9 Å². The number of carbonyl (C=O) groups is 4. The first-order chi connectivity index (χ1) is 22.0. The summed E-state index contributed by atoms with van der Waals surface area (Å²) in [5.41, 5.74) is -0.820. The number of carbonyl (C=O) groups excluding carboxylic acids is 4. The van der Waals surface area contributed by atoms with Crippen LogP contribution in [0.4, 0.5) is 10.5 Å². The zero-order valence-electron chi connectivity index (χ0n) is 28.0. The Morgan fingerprint density at radius 2 is 1.96 bits per heavy atom. The van der Waals surface area contributed by atoms with Gasteiger partial charge in [-0.1, -0.05) is 35.4 Å². The van der Waals surface area contributed by atoms with Gasteiger partial charge in [0.05, 0.1) is 25.3 Å². The molecular formula is C33H44ClN3O10. The van der Waals surface area contributed by atoms with Gasteiger partial charge in [-0.2, -0.15) is 0 Å². The third-order valence-corrected chi connectivity index (χ3v) is 9.55. The van der Waals surface area contributed by atoms with Crippen LogP contribution in [-0.4, -0.2) is 104 Å². The molecule has 0 saturated carbocycles. The fraction of sp³-hybridized carbons (Fsp3) is 0.576. The molecule has 0 unspecified atom stereocenters. The van der Waals surface area contributed by atoms with E-state index >= 15 is 0 Å². The predicted molar refractivity (Wildman–Crippen MR) is 172 cm³/mol. The standard InChI is InChI=1S/C33H44ClN3O10/c1-18-10-9-11-25(44-8)33(42)17-22(45-31(41)35-33)15-27-32(4,47-27)26(46-30(40)19(2)36(5)20(3)38)16-28(39)37(6)23-13-21(12-18)14-24(43-7)29(23)34/h9-11,13-14,19,22,25-27,42H,12,15-17H2,1-8H3,(H,35,41)/b11-9+,18-10+/t19-,22-,25-,26+,27+,32+,33+/m1/s1. The number of hydrogen-bond acceptors (Lipinski definition) is 10.